The van der Waals surface area contributed by atoms with Gasteiger partial charge in [-0.15, -0.1) is 0 Å². The molecule has 0 amide bonds. The van der Waals surface area contributed by atoms with Gasteiger partial charge in [-0.25, -0.2) is 0 Å². The Bertz CT molecular complexity index is 70.9. The molecule has 0 aromatic carbocycles. The first-order valence-corrected chi connectivity index (χ1v) is 3.56. The zero-order valence-corrected chi connectivity index (χ0v) is 6.49. The van der Waals surface area contributed by atoms with Crippen LogP contribution in [-0.4, -0.2) is 33.6 Å². The fourth-order valence-corrected chi connectivity index (χ4v) is 0.884. The minimum atomic E-state index is -0.583. The van der Waals surface area contributed by atoms with E-state index in [0.717, 1.165) is 0 Å². The lowest BCUT2D eigenvalue weighted by molar-refractivity contribution is 0.0508. The van der Waals surface area contributed by atoms with Crippen LogP contribution in [0.4, 0.5) is 0 Å². The standard InChI is InChI=1S/C7H16O3/c1-5(8)3-7(10)4-6(2)9/h5-10H,3-4H2,1-2H3. The molecule has 10 heavy (non-hydrogen) atoms. The van der Waals surface area contributed by atoms with Crippen LogP contribution in [0.3, 0.4) is 0 Å². The molecule has 0 radical (unpaired) electrons. The third-order valence-electron chi connectivity index (χ3n) is 1.23. The average molecular weight is 148 g/mol. The molecule has 0 aromatic heterocycles. The number of aliphatic hydroxyl groups is 3. The lowest BCUT2D eigenvalue weighted by Crippen LogP contribution is -2.19. The minimum absolute atomic E-state index is 0.338. The van der Waals surface area contributed by atoms with Gasteiger partial charge in [-0.1, -0.05) is 0 Å². The van der Waals surface area contributed by atoms with Crippen LogP contribution in [0.5, 0.6) is 0 Å². The Balaban J connectivity index is 3.34. The highest BCUT2D eigenvalue weighted by atomic mass is 16.3. The Hall–Kier alpha value is -0.120. The summed E-state index contributed by atoms with van der Waals surface area (Å²) in [5, 5.41) is 26.7. The molecule has 62 valence electrons. The van der Waals surface area contributed by atoms with Crippen LogP contribution in [0.2, 0.25) is 0 Å². The van der Waals surface area contributed by atoms with Crippen LogP contribution in [0.25, 0.3) is 0 Å². The Labute approximate surface area is 61.3 Å². The molecule has 0 fully saturated rings. The average Bonchev–Trinajstić information content (AvgIpc) is 1.58. The van der Waals surface area contributed by atoms with Crippen molar-refractivity contribution in [1.29, 1.82) is 0 Å². The summed E-state index contributed by atoms with van der Waals surface area (Å²) in [5.74, 6) is 0. The van der Waals surface area contributed by atoms with E-state index in [0.29, 0.717) is 12.8 Å². The van der Waals surface area contributed by atoms with Gasteiger partial charge < -0.3 is 15.3 Å². The van der Waals surface area contributed by atoms with Gasteiger partial charge in [-0.3, -0.25) is 0 Å². The maximum atomic E-state index is 9.07. The first kappa shape index (κ1) is 9.88. The molecule has 0 saturated carbocycles. The van der Waals surface area contributed by atoms with E-state index >= 15 is 0 Å². The molecule has 3 nitrogen and oxygen atoms in total. The Morgan fingerprint density at radius 1 is 0.900 bits per heavy atom. The molecule has 0 saturated heterocycles. The van der Waals surface area contributed by atoms with Gasteiger partial charge in [0.25, 0.3) is 0 Å². The van der Waals surface area contributed by atoms with Gasteiger partial charge in [-0.2, -0.15) is 0 Å². The van der Waals surface area contributed by atoms with E-state index in [4.69, 9.17) is 15.3 Å². The number of hydrogen-bond acceptors (Lipinski definition) is 3. The van der Waals surface area contributed by atoms with Crippen molar-refractivity contribution in [2.24, 2.45) is 0 Å². The van der Waals surface area contributed by atoms with Crippen molar-refractivity contribution in [1.82, 2.24) is 0 Å². The summed E-state index contributed by atoms with van der Waals surface area (Å²) < 4.78 is 0. The fourth-order valence-electron chi connectivity index (χ4n) is 0.884. The number of aliphatic hydroxyl groups excluding tert-OH is 3. The first-order valence-electron chi connectivity index (χ1n) is 3.56. The Kier molecular flexibility index (Phi) is 4.60. The van der Waals surface area contributed by atoms with Gasteiger partial charge in [0.2, 0.25) is 0 Å². The zero-order valence-electron chi connectivity index (χ0n) is 6.49. The quantitative estimate of drug-likeness (QED) is 0.521. The maximum Gasteiger partial charge on any atom is 0.0589 e. The van der Waals surface area contributed by atoms with Crippen LogP contribution < -0.4 is 0 Å². The maximum absolute atomic E-state index is 9.07. The van der Waals surface area contributed by atoms with Gasteiger partial charge in [0.1, 0.15) is 0 Å². The largest absolute Gasteiger partial charge is 0.393 e. The number of hydrogen-bond donors (Lipinski definition) is 3. The second-order valence-corrected chi connectivity index (χ2v) is 2.82. The van der Waals surface area contributed by atoms with Crippen molar-refractivity contribution < 1.29 is 15.3 Å². The molecule has 0 aliphatic carbocycles. The van der Waals surface area contributed by atoms with Crippen molar-refractivity contribution in [3.63, 3.8) is 0 Å². The highest BCUT2D eigenvalue weighted by Gasteiger charge is 2.09. The lowest BCUT2D eigenvalue weighted by atomic mass is 10.1. The van der Waals surface area contributed by atoms with Crippen molar-refractivity contribution >= 4 is 0 Å². The van der Waals surface area contributed by atoms with Crippen LogP contribution >= 0.6 is 0 Å². The van der Waals surface area contributed by atoms with Crippen molar-refractivity contribution in [3.8, 4) is 0 Å². The first-order chi connectivity index (χ1) is 4.52. The topological polar surface area (TPSA) is 60.7 Å². The molecule has 3 N–H and O–H groups in total. The summed E-state index contributed by atoms with van der Waals surface area (Å²) in [6, 6.07) is 0. The van der Waals surface area contributed by atoms with E-state index in [1.54, 1.807) is 13.8 Å². The molecule has 3 heteroatoms. The van der Waals surface area contributed by atoms with Crippen LogP contribution in [-0.2, 0) is 0 Å². The molecule has 2 unspecified atom stereocenters. The van der Waals surface area contributed by atoms with Crippen LogP contribution in [0, 0.1) is 0 Å². The second-order valence-electron chi connectivity index (χ2n) is 2.82. The van der Waals surface area contributed by atoms with E-state index in [1.165, 1.54) is 0 Å². The Morgan fingerprint density at radius 2 is 1.20 bits per heavy atom. The zero-order chi connectivity index (χ0) is 8.15. The fraction of sp³-hybridized carbons (Fsp3) is 1.00. The van der Waals surface area contributed by atoms with E-state index in [2.05, 4.69) is 0 Å². The minimum Gasteiger partial charge on any atom is -0.393 e. The number of rotatable bonds is 4. The molecule has 0 aromatic rings. The predicted octanol–water partition coefficient (Wildman–Crippen LogP) is -0.111. The lowest BCUT2D eigenvalue weighted by Gasteiger charge is -2.13. The van der Waals surface area contributed by atoms with Crippen molar-refractivity contribution in [2.45, 2.75) is 45.0 Å². The summed E-state index contributed by atoms with van der Waals surface area (Å²) in [7, 11) is 0. The molecule has 0 bridgehead atoms. The SMILES string of the molecule is CC(O)CC(O)CC(C)O. The van der Waals surface area contributed by atoms with Gasteiger partial charge in [0.15, 0.2) is 0 Å². The molecule has 0 aliphatic rings. The van der Waals surface area contributed by atoms with E-state index < -0.39 is 18.3 Å². The molecule has 0 rings (SSSR count). The summed E-state index contributed by atoms with van der Waals surface area (Å²) >= 11 is 0. The summed E-state index contributed by atoms with van der Waals surface area (Å²) in [4.78, 5) is 0. The van der Waals surface area contributed by atoms with Crippen molar-refractivity contribution in [3.05, 3.63) is 0 Å². The van der Waals surface area contributed by atoms with Gasteiger partial charge in [0.05, 0.1) is 18.3 Å². The summed E-state index contributed by atoms with van der Waals surface area (Å²) in [6.07, 6.45) is -0.891. The molecule has 2 atom stereocenters. The highest BCUT2D eigenvalue weighted by molar-refractivity contribution is 4.62. The third-order valence-corrected chi connectivity index (χ3v) is 1.23. The molecular weight excluding hydrogens is 132 g/mol. The molecule has 0 heterocycles. The predicted molar refractivity (Wildman–Crippen MR) is 38.6 cm³/mol. The molecular formula is C7H16O3. The van der Waals surface area contributed by atoms with Gasteiger partial charge in [0, 0.05) is 0 Å². The van der Waals surface area contributed by atoms with Gasteiger partial charge in [-0.05, 0) is 26.7 Å². The third kappa shape index (κ3) is 6.01. The van der Waals surface area contributed by atoms with E-state index in [1.807, 2.05) is 0 Å². The van der Waals surface area contributed by atoms with Gasteiger partial charge >= 0.3 is 0 Å². The smallest absolute Gasteiger partial charge is 0.0589 e. The monoisotopic (exact) mass is 148 g/mol. The normalized spacial score (nSPS) is 20.1. The van der Waals surface area contributed by atoms with Crippen LogP contribution in [0.1, 0.15) is 26.7 Å². The van der Waals surface area contributed by atoms with Crippen LogP contribution in [0.15, 0.2) is 0 Å². The van der Waals surface area contributed by atoms with E-state index in [9.17, 15) is 0 Å². The second kappa shape index (κ2) is 4.66. The molecule has 0 aliphatic heterocycles. The summed E-state index contributed by atoms with van der Waals surface area (Å²) in [6.45, 7) is 3.23. The van der Waals surface area contributed by atoms with Crippen molar-refractivity contribution in [2.75, 3.05) is 0 Å². The molecule has 0 spiro atoms. The Morgan fingerprint density at radius 3 is 1.40 bits per heavy atom. The van der Waals surface area contributed by atoms with E-state index in [-0.39, 0.29) is 0 Å². The highest BCUT2D eigenvalue weighted by Crippen LogP contribution is 2.04. The summed E-state index contributed by atoms with van der Waals surface area (Å²) in [5.41, 5.74) is 0.